The van der Waals surface area contributed by atoms with Gasteiger partial charge in [-0.05, 0) is 19.2 Å². The second-order valence-corrected chi connectivity index (χ2v) is 5.20. The molecular formula is C17H21N3O4. The standard InChI is InChI=1S/C17H21N3O4/c1-20(7-5-6-18)10-13-11-24-17(19-13)12-8-14(21-2)16(23-4)15(9-12)22-3/h8-9,11H,5,7,10H2,1-4H3. The smallest absolute Gasteiger partial charge is 0.226 e. The van der Waals surface area contributed by atoms with Crippen molar-refractivity contribution in [2.45, 2.75) is 13.0 Å². The molecular weight excluding hydrogens is 310 g/mol. The Balaban J connectivity index is 2.25. The summed E-state index contributed by atoms with van der Waals surface area (Å²) in [7, 11) is 6.62. The van der Waals surface area contributed by atoms with Crippen molar-refractivity contribution >= 4 is 0 Å². The zero-order chi connectivity index (χ0) is 17.5. The van der Waals surface area contributed by atoms with Crippen LogP contribution in [0.15, 0.2) is 22.8 Å². The fourth-order valence-corrected chi connectivity index (χ4v) is 2.31. The van der Waals surface area contributed by atoms with Crippen LogP contribution in [0.2, 0.25) is 0 Å². The number of aromatic nitrogens is 1. The zero-order valence-electron chi connectivity index (χ0n) is 14.3. The molecule has 0 N–H and O–H groups in total. The minimum atomic E-state index is 0.470. The molecule has 0 spiro atoms. The van der Waals surface area contributed by atoms with Crippen LogP contribution < -0.4 is 14.2 Å². The maximum absolute atomic E-state index is 8.63. The van der Waals surface area contributed by atoms with Crippen molar-refractivity contribution in [1.82, 2.24) is 9.88 Å². The summed E-state index contributed by atoms with van der Waals surface area (Å²) in [5, 5.41) is 8.63. The van der Waals surface area contributed by atoms with Crippen LogP contribution in [0.3, 0.4) is 0 Å². The molecule has 1 aromatic carbocycles. The number of hydrogen-bond donors (Lipinski definition) is 0. The van der Waals surface area contributed by atoms with Crippen LogP contribution in [0.5, 0.6) is 17.2 Å². The molecule has 0 saturated carbocycles. The monoisotopic (exact) mass is 331 g/mol. The summed E-state index contributed by atoms with van der Waals surface area (Å²) in [6, 6.07) is 5.70. The van der Waals surface area contributed by atoms with E-state index in [-0.39, 0.29) is 0 Å². The van der Waals surface area contributed by atoms with Crippen LogP contribution >= 0.6 is 0 Å². The van der Waals surface area contributed by atoms with Crippen LogP contribution in [-0.4, -0.2) is 44.8 Å². The van der Waals surface area contributed by atoms with E-state index in [0.29, 0.717) is 42.6 Å². The van der Waals surface area contributed by atoms with Crippen LogP contribution in [-0.2, 0) is 6.54 Å². The van der Waals surface area contributed by atoms with Crippen molar-refractivity contribution in [3.63, 3.8) is 0 Å². The van der Waals surface area contributed by atoms with Gasteiger partial charge >= 0.3 is 0 Å². The van der Waals surface area contributed by atoms with E-state index in [9.17, 15) is 0 Å². The third-order valence-electron chi connectivity index (χ3n) is 3.50. The van der Waals surface area contributed by atoms with Gasteiger partial charge < -0.3 is 18.6 Å². The largest absolute Gasteiger partial charge is 0.493 e. The number of rotatable bonds is 8. The predicted octanol–water partition coefficient (Wildman–Crippen LogP) is 2.71. The molecule has 1 aromatic heterocycles. The van der Waals surface area contributed by atoms with Gasteiger partial charge in [-0.1, -0.05) is 0 Å². The first-order valence-electron chi connectivity index (χ1n) is 7.43. The first-order chi connectivity index (χ1) is 11.6. The molecule has 0 bridgehead atoms. The third kappa shape index (κ3) is 3.97. The highest BCUT2D eigenvalue weighted by molar-refractivity contribution is 5.65. The van der Waals surface area contributed by atoms with Gasteiger partial charge in [0.2, 0.25) is 11.6 Å². The number of benzene rings is 1. The van der Waals surface area contributed by atoms with E-state index in [0.717, 1.165) is 11.3 Å². The molecule has 0 radical (unpaired) electrons. The van der Waals surface area contributed by atoms with Gasteiger partial charge in [0.25, 0.3) is 0 Å². The molecule has 0 fully saturated rings. The Kier molecular flexibility index (Phi) is 6.04. The fraction of sp³-hybridized carbons (Fsp3) is 0.412. The third-order valence-corrected chi connectivity index (χ3v) is 3.50. The Bertz CT molecular complexity index is 696. The molecule has 0 aliphatic heterocycles. The van der Waals surface area contributed by atoms with Crippen molar-refractivity contribution < 1.29 is 18.6 Å². The lowest BCUT2D eigenvalue weighted by molar-refractivity contribution is 0.324. The Morgan fingerprint density at radius 1 is 1.17 bits per heavy atom. The minimum absolute atomic E-state index is 0.470. The van der Waals surface area contributed by atoms with Gasteiger partial charge in [0, 0.05) is 25.1 Å². The van der Waals surface area contributed by atoms with Gasteiger partial charge in [-0.3, -0.25) is 4.90 Å². The average Bonchev–Trinajstić information content (AvgIpc) is 3.06. The molecule has 128 valence electrons. The Hall–Kier alpha value is -2.72. The molecule has 2 rings (SSSR count). The highest BCUT2D eigenvalue weighted by Gasteiger charge is 2.17. The molecule has 1 heterocycles. The fourth-order valence-electron chi connectivity index (χ4n) is 2.31. The molecule has 0 atom stereocenters. The van der Waals surface area contributed by atoms with E-state index >= 15 is 0 Å². The summed E-state index contributed by atoms with van der Waals surface area (Å²) in [6.45, 7) is 1.29. The number of ether oxygens (including phenoxy) is 3. The molecule has 0 aliphatic rings. The highest BCUT2D eigenvalue weighted by atomic mass is 16.5. The zero-order valence-corrected chi connectivity index (χ0v) is 14.3. The molecule has 0 saturated heterocycles. The Morgan fingerprint density at radius 2 is 1.83 bits per heavy atom. The van der Waals surface area contributed by atoms with Crippen molar-refractivity contribution in [3.05, 3.63) is 24.1 Å². The SMILES string of the molecule is COc1cc(-c2nc(CN(C)CCC#N)co2)cc(OC)c1OC. The predicted molar refractivity (Wildman–Crippen MR) is 88.2 cm³/mol. The van der Waals surface area contributed by atoms with Gasteiger partial charge in [-0.15, -0.1) is 0 Å². The van der Waals surface area contributed by atoms with Crippen molar-refractivity contribution in [2.24, 2.45) is 0 Å². The van der Waals surface area contributed by atoms with E-state index in [1.165, 1.54) is 0 Å². The van der Waals surface area contributed by atoms with E-state index in [2.05, 4.69) is 11.1 Å². The second kappa shape index (κ2) is 8.22. The highest BCUT2D eigenvalue weighted by Crippen LogP contribution is 2.40. The summed E-state index contributed by atoms with van der Waals surface area (Å²) in [5.41, 5.74) is 1.52. The van der Waals surface area contributed by atoms with Crippen LogP contribution in [0.1, 0.15) is 12.1 Å². The molecule has 24 heavy (non-hydrogen) atoms. The number of nitrogens with zero attached hydrogens (tertiary/aromatic N) is 3. The maximum atomic E-state index is 8.63. The lowest BCUT2D eigenvalue weighted by Crippen LogP contribution is -2.18. The Morgan fingerprint density at radius 3 is 2.38 bits per heavy atom. The number of methoxy groups -OCH3 is 3. The topological polar surface area (TPSA) is 80.8 Å². The number of oxazole rings is 1. The number of hydrogen-bond acceptors (Lipinski definition) is 7. The van der Waals surface area contributed by atoms with E-state index in [1.807, 2.05) is 11.9 Å². The lowest BCUT2D eigenvalue weighted by atomic mass is 10.2. The van der Waals surface area contributed by atoms with Gasteiger partial charge in [-0.2, -0.15) is 5.26 Å². The number of nitriles is 1. The van der Waals surface area contributed by atoms with Crippen LogP contribution in [0, 0.1) is 11.3 Å². The summed E-state index contributed by atoms with van der Waals surface area (Å²) in [4.78, 5) is 6.51. The van der Waals surface area contributed by atoms with Crippen molar-refractivity contribution in [2.75, 3.05) is 34.9 Å². The molecule has 0 aliphatic carbocycles. The second-order valence-electron chi connectivity index (χ2n) is 5.20. The normalized spacial score (nSPS) is 10.5. The van der Waals surface area contributed by atoms with Gasteiger partial charge in [-0.25, -0.2) is 4.98 Å². The molecule has 0 amide bonds. The molecule has 7 heteroatoms. The van der Waals surface area contributed by atoms with Crippen molar-refractivity contribution in [1.29, 1.82) is 5.26 Å². The van der Waals surface area contributed by atoms with E-state index < -0.39 is 0 Å². The molecule has 2 aromatic rings. The first kappa shape index (κ1) is 17.6. The summed E-state index contributed by atoms with van der Waals surface area (Å²) < 4.78 is 21.6. The molecule has 0 unspecified atom stereocenters. The minimum Gasteiger partial charge on any atom is -0.493 e. The lowest BCUT2D eigenvalue weighted by Gasteiger charge is -2.13. The first-order valence-corrected chi connectivity index (χ1v) is 7.43. The summed E-state index contributed by atoms with van der Waals surface area (Å²) in [6.07, 6.45) is 2.09. The summed E-state index contributed by atoms with van der Waals surface area (Å²) >= 11 is 0. The maximum Gasteiger partial charge on any atom is 0.226 e. The van der Waals surface area contributed by atoms with Gasteiger partial charge in [0.15, 0.2) is 11.5 Å². The summed E-state index contributed by atoms with van der Waals surface area (Å²) in [5.74, 6) is 2.07. The Labute approximate surface area is 141 Å². The van der Waals surface area contributed by atoms with E-state index in [4.69, 9.17) is 23.9 Å². The quantitative estimate of drug-likeness (QED) is 0.735. The van der Waals surface area contributed by atoms with Crippen molar-refractivity contribution in [3.8, 4) is 34.8 Å². The van der Waals surface area contributed by atoms with Crippen LogP contribution in [0.4, 0.5) is 0 Å². The average molecular weight is 331 g/mol. The van der Waals surface area contributed by atoms with Gasteiger partial charge in [0.1, 0.15) is 6.26 Å². The molecule has 7 nitrogen and oxygen atoms in total. The van der Waals surface area contributed by atoms with E-state index in [1.54, 1.807) is 39.7 Å². The van der Waals surface area contributed by atoms with Crippen LogP contribution in [0.25, 0.3) is 11.5 Å². The van der Waals surface area contributed by atoms with Gasteiger partial charge in [0.05, 0.1) is 33.1 Å².